The zero-order valence-electron chi connectivity index (χ0n) is 14.7. The predicted molar refractivity (Wildman–Crippen MR) is 105 cm³/mol. The summed E-state index contributed by atoms with van der Waals surface area (Å²) in [5.41, 5.74) is 4.10. The molecule has 0 saturated heterocycles. The van der Waals surface area contributed by atoms with Crippen molar-refractivity contribution in [3.63, 3.8) is 0 Å². The number of benzene rings is 3. The van der Waals surface area contributed by atoms with E-state index in [9.17, 15) is 4.79 Å². The lowest BCUT2D eigenvalue weighted by Crippen LogP contribution is -2.40. The van der Waals surface area contributed by atoms with Gasteiger partial charge in [-0.15, -0.1) is 0 Å². The predicted octanol–water partition coefficient (Wildman–Crippen LogP) is 4.99. The first-order valence-corrected chi connectivity index (χ1v) is 8.78. The van der Waals surface area contributed by atoms with Crippen LogP contribution >= 0.6 is 0 Å². The normalized spacial score (nSPS) is 10.8. The molecule has 0 saturated carbocycles. The zero-order valence-corrected chi connectivity index (χ0v) is 14.7. The van der Waals surface area contributed by atoms with Gasteiger partial charge in [-0.25, -0.2) is 0 Å². The number of carbonyl (C=O) groups excluding carboxylic acids is 1. The molecule has 0 spiro atoms. The van der Waals surface area contributed by atoms with Crippen molar-refractivity contribution >= 4 is 16.6 Å². The minimum absolute atomic E-state index is 0.119. The quantitative estimate of drug-likeness (QED) is 0.379. The minimum Gasteiger partial charge on any atom is -0.287 e. The molecule has 0 atom stereocenters. The smallest absolute Gasteiger partial charge is 0.227 e. The van der Waals surface area contributed by atoms with Gasteiger partial charge in [0.25, 0.3) is 0 Å². The van der Waals surface area contributed by atoms with Gasteiger partial charge in [-0.05, 0) is 22.6 Å². The van der Waals surface area contributed by atoms with Gasteiger partial charge in [0.15, 0.2) is 11.9 Å². The van der Waals surface area contributed by atoms with Crippen LogP contribution in [-0.2, 0) is 6.54 Å². The second-order valence-electron chi connectivity index (χ2n) is 6.54. The fourth-order valence-electron chi connectivity index (χ4n) is 3.23. The van der Waals surface area contributed by atoms with Crippen LogP contribution in [0, 0.1) is 6.92 Å². The summed E-state index contributed by atoms with van der Waals surface area (Å²) in [6.45, 7) is 2.39. The van der Waals surface area contributed by atoms with Crippen LogP contribution in [0.5, 0.6) is 0 Å². The summed E-state index contributed by atoms with van der Waals surface area (Å²) < 4.78 is 2.02. The van der Waals surface area contributed by atoms with Crippen LogP contribution < -0.4 is 4.57 Å². The number of fused-ring (bicyclic) bond motifs is 1. The number of carbonyl (C=O) groups is 1. The van der Waals surface area contributed by atoms with Gasteiger partial charge in [-0.2, -0.15) is 4.57 Å². The highest BCUT2D eigenvalue weighted by atomic mass is 16.1. The van der Waals surface area contributed by atoms with Crippen LogP contribution in [0.1, 0.15) is 16.1 Å². The molecule has 0 N–H and O–H groups in total. The Morgan fingerprint density at radius 2 is 1.38 bits per heavy atom. The van der Waals surface area contributed by atoms with E-state index in [0.717, 1.165) is 27.8 Å². The van der Waals surface area contributed by atoms with Gasteiger partial charge in [-0.1, -0.05) is 72.8 Å². The second-order valence-corrected chi connectivity index (χ2v) is 6.54. The average molecular weight is 338 g/mol. The molecule has 4 rings (SSSR count). The first-order valence-electron chi connectivity index (χ1n) is 8.78. The topological polar surface area (TPSA) is 20.9 Å². The summed E-state index contributed by atoms with van der Waals surface area (Å²) in [7, 11) is 0. The molecule has 1 heterocycles. The number of ketones is 1. The van der Waals surface area contributed by atoms with Gasteiger partial charge < -0.3 is 0 Å². The number of aryl methyl sites for hydroxylation is 1. The third-order valence-electron chi connectivity index (χ3n) is 4.74. The van der Waals surface area contributed by atoms with Crippen LogP contribution in [0.4, 0.5) is 0 Å². The average Bonchev–Trinajstić information content (AvgIpc) is 2.69. The molecule has 126 valence electrons. The number of rotatable bonds is 4. The van der Waals surface area contributed by atoms with E-state index in [1.807, 2.05) is 66.1 Å². The number of nitrogens with zero attached hydrogens (tertiary/aromatic N) is 1. The lowest BCUT2D eigenvalue weighted by molar-refractivity contribution is -0.687. The molecule has 26 heavy (non-hydrogen) atoms. The Morgan fingerprint density at radius 3 is 2.12 bits per heavy atom. The summed E-state index contributed by atoms with van der Waals surface area (Å²) in [5.74, 6) is 0.119. The maximum absolute atomic E-state index is 12.7. The summed E-state index contributed by atoms with van der Waals surface area (Å²) in [6.07, 6.45) is 2.06. The van der Waals surface area contributed by atoms with E-state index in [4.69, 9.17) is 0 Å². The van der Waals surface area contributed by atoms with E-state index in [2.05, 4.69) is 36.5 Å². The van der Waals surface area contributed by atoms with Gasteiger partial charge in [0.05, 0.1) is 0 Å². The lowest BCUT2D eigenvalue weighted by atomic mass is 10.0. The van der Waals surface area contributed by atoms with E-state index >= 15 is 0 Å². The fraction of sp³-hybridized carbons (Fsp3) is 0.0833. The molecule has 4 aromatic rings. The molecule has 3 aromatic carbocycles. The number of hydrogen-bond acceptors (Lipinski definition) is 1. The monoisotopic (exact) mass is 338 g/mol. The van der Waals surface area contributed by atoms with Gasteiger partial charge in [-0.3, -0.25) is 4.79 Å². The number of pyridine rings is 1. The van der Waals surface area contributed by atoms with Crippen LogP contribution in [0.15, 0.2) is 91.1 Å². The van der Waals surface area contributed by atoms with E-state index in [0.29, 0.717) is 6.54 Å². The maximum atomic E-state index is 12.7. The van der Waals surface area contributed by atoms with Crippen molar-refractivity contribution in [2.75, 3.05) is 0 Å². The first kappa shape index (κ1) is 16.2. The van der Waals surface area contributed by atoms with Crippen molar-refractivity contribution in [1.82, 2.24) is 0 Å². The summed E-state index contributed by atoms with van der Waals surface area (Å²) in [6, 6.07) is 28.4. The third kappa shape index (κ3) is 3.27. The van der Waals surface area contributed by atoms with Gasteiger partial charge in [0, 0.05) is 23.9 Å². The van der Waals surface area contributed by atoms with Crippen LogP contribution in [0.25, 0.3) is 21.9 Å². The summed E-state index contributed by atoms with van der Waals surface area (Å²) >= 11 is 0. The molecule has 1 aromatic heterocycles. The van der Waals surface area contributed by atoms with Gasteiger partial charge >= 0.3 is 0 Å². The molecule has 0 unspecified atom stereocenters. The molecular formula is C24H20NO+. The Morgan fingerprint density at radius 1 is 0.769 bits per heavy atom. The molecular weight excluding hydrogens is 318 g/mol. The SMILES string of the molecule is Cc1cc2ccccc2c[n+]1CC(=O)c1ccc(-c2ccccc2)cc1. The van der Waals surface area contributed by atoms with Crippen molar-refractivity contribution in [2.45, 2.75) is 13.5 Å². The Labute approximate surface area is 153 Å². The first-order chi connectivity index (χ1) is 12.7. The second kappa shape index (κ2) is 6.93. The minimum atomic E-state index is 0.119. The molecule has 2 heteroatoms. The Kier molecular flexibility index (Phi) is 4.32. The Bertz CT molecular complexity index is 1070. The highest BCUT2D eigenvalue weighted by Crippen LogP contribution is 2.19. The van der Waals surface area contributed by atoms with E-state index in [1.54, 1.807) is 0 Å². The van der Waals surface area contributed by atoms with Crippen molar-refractivity contribution in [2.24, 2.45) is 0 Å². The van der Waals surface area contributed by atoms with Crippen molar-refractivity contribution in [1.29, 1.82) is 0 Å². The lowest BCUT2D eigenvalue weighted by Gasteiger charge is -2.05. The summed E-state index contributed by atoms with van der Waals surface area (Å²) in [5, 5.41) is 2.34. The Hall–Kier alpha value is -3.26. The highest BCUT2D eigenvalue weighted by molar-refractivity contribution is 5.95. The summed E-state index contributed by atoms with van der Waals surface area (Å²) in [4.78, 5) is 12.7. The highest BCUT2D eigenvalue weighted by Gasteiger charge is 2.15. The van der Waals surface area contributed by atoms with Gasteiger partial charge in [0.2, 0.25) is 12.3 Å². The van der Waals surface area contributed by atoms with E-state index in [1.165, 1.54) is 5.39 Å². The van der Waals surface area contributed by atoms with Crippen LogP contribution in [0.2, 0.25) is 0 Å². The number of Topliss-reactive ketones (excluding diaryl/α,β-unsaturated/α-hetero) is 1. The third-order valence-corrected chi connectivity index (χ3v) is 4.74. The molecule has 0 bridgehead atoms. The van der Waals surface area contributed by atoms with E-state index in [-0.39, 0.29) is 5.78 Å². The fourth-order valence-corrected chi connectivity index (χ4v) is 3.23. The molecule has 0 aliphatic heterocycles. The van der Waals surface area contributed by atoms with Crippen molar-refractivity contribution in [3.05, 3.63) is 102 Å². The van der Waals surface area contributed by atoms with Crippen molar-refractivity contribution in [3.8, 4) is 11.1 Å². The molecule has 0 aliphatic carbocycles. The number of aromatic nitrogens is 1. The van der Waals surface area contributed by atoms with Crippen LogP contribution in [0.3, 0.4) is 0 Å². The largest absolute Gasteiger partial charge is 0.287 e. The molecule has 2 nitrogen and oxygen atoms in total. The molecule has 0 aliphatic rings. The van der Waals surface area contributed by atoms with E-state index < -0.39 is 0 Å². The Balaban J connectivity index is 1.58. The van der Waals surface area contributed by atoms with Gasteiger partial charge in [0.1, 0.15) is 0 Å². The maximum Gasteiger partial charge on any atom is 0.227 e. The van der Waals surface area contributed by atoms with Crippen molar-refractivity contribution < 1.29 is 9.36 Å². The zero-order chi connectivity index (χ0) is 17.9. The van der Waals surface area contributed by atoms with Crippen LogP contribution in [-0.4, -0.2) is 5.78 Å². The molecule has 0 amide bonds. The standard InChI is InChI=1S/C24H20NO/c1-18-15-22-9-5-6-10-23(22)16-25(18)17-24(26)21-13-11-20(12-14-21)19-7-3-2-4-8-19/h2-16H,17H2,1H3/q+1. The molecule has 0 fully saturated rings. The molecule has 0 radical (unpaired) electrons. The number of hydrogen-bond donors (Lipinski definition) is 0.